The Morgan fingerprint density at radius 2 is 1.29 bits per heavy atom. The van der Waals surface area contributed by atoms with Gasteiger partial charge in [0.05, 0.1) is 62.0 Å². The number of ether oxygens (including phenoxy) is 3. The Labute approximate surface area is 437 Å². The van der Waals surface area contributed by atoms with E-state index < -0.39 is 108 Å². The molecule has 19 nitrogen and oxygen atoms in total. The molecule has 2 aromatic carbocycles. The number of halogens is 8. The van der Waals surface area contributed by atoms with Gasteiger partial charge in [0, 0.05) is 80.7 Å². The van der Waals surface area contributed by atoms with Crippen LogP contribution in [0.1, 0.15) is 49.9 Å². The summed E-state index contributed by atoms with van der Waals surface area (Å²) in [5, 5.41) is 18.6. The molecule has 5 N–H and O–H groups in total. The van der Waals surface area contributed by atoms with Crippen LogP contribution in [0.25, 0.3) is 11.4 Å². The van der Waals surface area contributed by atoms with Gasteiger partial charge in [0.2, 0.25) is 11.9 Å². The van der Waals surface area contributed by atoms with Crippen LogP contribution in [0.2, 0.25) is 0 Å². The second-order valence-corrected chi connectivity index (χ2v) is 19.2. The molecule has 2 aromatic heterocycles. The summed E-state index contributed by atoms with van der Waals surface area (Å²) in [6, 6.07) is 2.94. The fourth-order valence-electron chi connectivity index (χ4n) is 8.02. The minimum atomic E-state index is -5.19. The summed E-state index contributed by atoms with van der Waals surface area (Å²) in [6.45, 7) is 4.87. The number of rotatable bonds is 18. The number of piperazine rings is 1. The maximum absolute atomic E-state index is 16.0. The minimum Gasteiger partial charge on any atom is -0.453 e. The lowest BCUT2D eigenvalue weighted by Gasteiger charge is -2.42. The van der Waals surface area contributed by atoms with Crippen LogP contribution in [0.4, 0.5) is 50.7 Å². The number of hydrogen-bond donors (Lipinski definition) is 5. The largest absolute Gasteiger partial charge is 0.453 e. The fourth-order valence-corrected chi connectivity index (χ4v) is 8.02. The van der Waals surface area contributed by atoms with E-state index in [9.17, 15) is 50.6 Å². The lowest BCUT2D eigenvalue weighted by molar-refractivity contribution is -0.221. The lowest BCUT2D eigenvalue weighted by atomic mass is 9.82. The minimum absolute atomic E-state index is 0.101. The predicted octanol–water partition coefficient (Wildman–Crippen LogP) is 4.68. The molecule has 1 unspecified atom stereocenters. The average Bonchev–Trinajstić information content (AvgIpc) is 3.38. The molecule has 4 aromatic rings. The molecule has 0 saturated carbocycles. The zero-order valence-corrected chi connectivity index (χ0v) is 42.6. The Kier molecular flexibility index (Phi) is 19.0. The average molecular weight is 1090 g/mol. The fraction of sp³-hybridized carbons (Fsp3) is 0.480. The van der Waals surface area contributed by atoms with Crippen molar-refractivity contribution in [3.63, 3.8) is 0 Å². The molecule has 4 amide bonds. The van der Waals surface area contributed by atoms with Gasteiger partial charge >= 0.3 is 24.5 Å². The molecule has 4 atom stereocenters. The number of carbonyl (C=O) groups excluding carboxylic acids is 4. The molecule has 2 fully saturated rings. The van der Waals surface area contributed by atoms with E-state index in [-0.39, 0.29) is 11.4 Å². The summed E-state index contributed by atoms with van der Waals surface area (Å²) in [7, 11) is 1.65. The SMILES string of the molecule is COC(=O)NC(C(=O)N[C@@H](Cc1ccc(C#Cc2cnc(N3CCN(C4COC4)CC3)nc2)cc1)[C@@H](O)CN(Cc1c(F)cc(-c2ncccn2)cc1F)NC(=O)[C@@H](NC(=O)OC)C(C)(C)C(F)(F)F)C(C)(C)C(F)(F)F. The van der Waals surface area contributed by atoms with Crippen molar-refractivity contribution < 1.29 is 73.6 Å². The van der Waals surface area contributed by atoms with Gasteiger partial charge in [0.1, 0.15) is 23.7 Å². The molecular weight excluding hydrogens is 1030 g/mol. The zero-order chi connectivity index (χ0) is 56.5. The Balaban J connectivity index is 1.31. The van der Waals surface area contributed by atoms with Crippen LogP contribution >= 0.6 is 0 Å². The van der Waals surface area contributed by atoms with Gasteiger partial charge in [0.25, 0.3) is 5.91 Å². The van der Waals surface area contributed by atoms with Crippen molar-refractivity contribution in [3.05, 3.63) is 101 Å². The van der Waals surface area contributed by atoms with E-state index in [2.05, 4.69) is 61.8 Å². The summed E-state index contributed by atoms with van der Waals surface area (Å²) in [5.41, 5.74) is -3.73. The smallest absolute Gasteiger partial charge is 0.407 e. The van der Waals surface area contributed by atoms with E-state index in [1.807, 2.05) is 10.6 Å². The molecule has 27 heteroatoms. The molecule has 0 aliphatic carbocycles. The predicted molar refractivity (Wildman–Crippen MR) is 259 cm³/mol. The van der Waals surface area contributed by atoms with Crippen LogP contribution < -0.4 is 26.3 Å². The van der Waals surface area contributed by atoms with Gasteiger partial charge in [-0.25, -0.2) is 43.3 Å². The highest BCUT2D eigenvalue weighted by Crippen LogP contribution is 2.42. The molecule has 0 bridgehead atoms. The van der Waals surface area contributed by atoms with Crippen molar-refractivity contribution in [1.82, 2.24) is 51.2 Å². The van der Waals surface area contributed by atoms with E-state index in [0.29, 0.717) is 61.4 Å². The third kappa shape index (κ3) is 14.8. The Morgan fingerprint density at radius 1 is 0.766 bits per heavy atom. The first kappa shape index (κ1) is 59.0. The number of benzene rings is 2. The van der Waals surface area contributed by atoms with Gasteiger partial charge in [-0.1, -0.05) is 24.0 Å². The molecule has 0 radical (unpaired) electrons. The van der Waals surface area contributed by atoms with E-state index in [4.69, 9.17) is 4.74 Å². The number of methoxy groups -OCH3 is 2. The molecule has 2 aliphatic rings. The first-order chi connectivity index (χ1) is 36.2. The van der Waals surface area contributed by atoms with Crippen molar-refractivity contribution in [2.45, 2.75) is 83.3 Å². The van der Waals surface area contributed by atoms with Crippen molar-refractivity contribution >= 4 is 29.9 Å². The van der Waals surface area contributed by atoms with Crippen molar-refractivity contribution in [1.29, 1.82) is 0 Å². The first-order valence-electron chi connectivity index (χ1n) is 23.8. The van der Waals surface area contributed by atoms with E-state index in [1.54, 1.807) is 24.5 Å². The van der Waals surface area contributed by atoms with Crippen LogP contribution in [0.15, 0.2) is 67.3 Å². The number of nitrogens with zero attached hydrogens (tertiary/aromatic N) is 7. The van der Waals surface area contributed by atoms with Crippen molar-refractivity contribution in [3.8, 4) is 23.2 Å². The number of aliphatic hydroxyl groups is 1. The summed E-state index contributed by atoms with van der Waals surface area (Å²) in [6.07, 6.45) is -10.1. The highest BCUT2D eigenvalue weighted by Gasteiger charge is 2.57. The number of alkyl carbamates (subject to hydrolysis) is 2. The third-order valence-electron chi connectivity index (χ3n) is 13.2. The molecule has 4 heterocycles. The molecule has 6 rings (SSSR count). The number of amides is 4. The molecule has 2 aliphatic heterocycles. The normalized spacial score (nSPS) is 16.2. The molecule has 0 spiro atoms. The summed E-state index contributed by atoms with van der Waals surface area (Å²) >= 11 is 0. The number of nitrogens with one attached hydrogen (secondary N) is 4. The Bertz CT molecular complexity index is 2730. The quantitative estimate of drug-likeness (QED) is 0.0518. The topological polar surface area (TPSA) is 226 Å². The van der Waals surface area contributed by atoms with E-state index >= 15 is 8.78 Å². The number of anilines is 1. The van der Waals surface area contributed by atoms with Crippen LogP contribution in [-0.2, 0) is 36.8 Å². The number of hydrogen-bond acceptors (Lipinski definition) is 15. The molecule has 416 valence electrons. The number of carbonyl (C=O) groups is 4. The van der Waals surface area contributed by atoms with E-state index in [1.165, 1.54) is 30.6 Å². The van der Waals surface area contributed by atoms with Gasteiger partial charge in [-0.05, 0) is 70.0 Å². The summed E-state index contributed by atoms with van der Waals surface area (Å²) < 4.78 is 133. The highest BCUT2D eigenvalue weighted by atomic mass is 19.4. The monoisotopic (exact) mass is 1090 g/mol. The number of aliphatic hydroxyl groups excluding tert-OH is 1. The van der Waals surface area contributed by atoms with Gasteiger partial charge in [0.15, 0.2) is 5.82 Å². The van der Waals surface area contributed by atoms with Crippen LogP contribution in [0.3, 0.4) is 0 Å². The second kappa shape index (κ2) is 24.8. The van der Waals surface area contributed by atoms with Crippen molar-refractivity contribution in [2.75, 3.05) is 65.1 Å². The molecular formula is C50H57F8N11O8. The van der Waals surface area contributed by atoms with Crippen molar-refractivity contribution in [2.24, 2.45) is 10.8 Å². The maximum Gasteiger partial charge on any atom is 0.407 e. The van der Waals surface area contributed by atoms with Crippen LogP contribution in [-0.4, -0.2) is 162 Å². The van der Waals surface area contributed by atoms with Gasteiger partial charge in [-0.15, -0.1) is 0 Å². The van der Waals surface area contributed by atoms with Crippen LogP contribution in [0.5, 0.6) is 0 Å². The van der Waals surface area contributed by atoms with E-state index in [0.717, 1.165) is 65.7 Å². The second-order valence-electron chi connectivity index (χ2n) is 19.2. The lowest BCUT2D eigenvalue weighted by Crippen LogP contribution is -2.63. The molecule has 77 heavy (non-hydrogen) atoms. The van der Waals surface area contributed by atoms with Gasteiger partial charge < -0.3 is 40.2 Å². The highest BCUT2D eigenvalue weighted by molar-refractivity contribution is 5.87. The molecule has 2 saturated heterocycles. The third-order valence-corrected chi connectivity index (χ3v) is 13.2. The zero-order valence-electron chi connectivity index (χ0n) is 42.6. The maximum atomic E-state index is 16.0. The number of alkyl halides is 6. The van der Waals surface area contributed by atoms with Gasteiger partial charge in [-0.3, -0.25) is 19.9 Å². The number of hydrazine groups is 1. The number of aromatic nitrogens is 4. The summed E-state index contributed by atoms with van der Waals surface area (Å²) in [4.78, 5) is 74.1. The standard InChI is InChI=1S/C50H57F8N11O8/c1-47(2,49(53,54)55)39(64-45(73)75-5)42(71)63-37(20-30-11-8-29(9-12-30)10-13-31-23-61-44(62-24-31)68-18-16-67(17-19-68)33-27-77-28-33)38(70)26-69(66-43(72)40(65-46(74)76-6)48(3,4)50(56,57)58)25-34-35(51)21-32(22-36(34)52)41-59-14-7-15-60-41/h7-9,11-12,14-15,21-24,33,37-40,70H,16-20,25-28H2,1-6H3,(H,63,71)(H,64,73)(H,65,74)(H,66,72)/t37-,38-,39?,40+/m0/s1. The Hall–Kier alpha value is -7.28. The summed E-state index contributed by atoms with van der Waals surface area (Å²) in [5.74, 6) is 0.669. The van der Waals surface area contributed by atoms with Crippen LogP contribution in [0, 0.1) is 34.3 Å². The van der Waals surface area contributed by atoms with Gasteiger partial charge in [-0.2, -0.15) is 26.3 Å². The first-order valence-corrected chi connectivity index (χ1v) is 23.8. The Morgan fingerprint density at radius 3 is 1.78 bits per heavy atom.